The zero-order valence-electron chi connectivity index (χ0n) is 17.3. The molecule has 8 nitrogen and oxygen atoms in total. The van der Waals surface area contributed by atoms with Gasteiger partial charge >= 0.3 is 0 Å². The summed E-state index contributed by atoms with van der Waals surface area (Å²) in [5, 5.41) is 17.2. The molecule has 30 heavy (non-hydrogen) atoms. The van der Waals surface area contributed by atoms with Crippen molar-refractivity contribution in [1.29, 1.82) is 0 Å². The summed E-state index contributed by atoms with van der Waals surface area (Å²) in [4.78, 5) is 32.0. The quantitative estimate of drug-likeness (QED) is 0.695. The lowest BCUT2D eigenvalue weighted by Crippen LogP contribution is -2.42. The summed E-state index contributed by atoms with van der Waals surface area (Å²) in [7, 11) is 0. The normalized spacial score (nSPS) is 16.7. The molecule has 156 valence electrons. The minimum atomic E-state index is -0.483. The summed E-state index contributed by atoms with van der Waals surface area (Å²) < 4.78 is 1.67. The number of carbonyl (C=O) groups excluding carboxylic acids is 2. The summed E-state index contributed by atoms with van der Waals surface area (Å²) in [6.45, 7) is 6.53. The first kappa shape index (κ1) is 20.0. The fourth-order valence-electron chi connectivity index (χ4n) is 3.94. The SMILES string of the molecule is Cc1cc(C)n2nc(C)c(C(=O)Nc3cccc(C(=O)N4CCC[C@@H](O)C4)c3)c2n1. The lowest BCUT2D eigenvalue weighted by Gasteiger charge is -2.30. The minimum absolute atomic E-state index is 0.148. The molecule has 4 rings (SSSR count). The van der Waals surface area contributed by atoms with Crippen molar-refractivity contribution in [2.24, 2.45) is 0 Å². The second kappa shape index (κ2) is 7.87. The molecule has 0 unspecified atom stereocenters. The number of fused-ring (bicyclic) bond motifs is 1. The van der Waals surface area contributed by atoms with Crippen LogP contribution in [0.25, 0.3) is 5.65 Å². The Balaban J connectivity index is 1.59. The number of amides is 2. The second-order valence-electron chi connectivity index (χ2n) is 7.82. The number of aliphatic hydroxyl groups excluding tert-OH is 1. The number of benzene rings is 1. The number of aliphatic hydroxyl groups is 1. The van der Waals surface area contributed by atoms with Gasteiger partial charge in [-0.1, -0.05) is 6.07 Å². The van der Waals surface area contributed by atoms with Crippen LogP contribution < -0.4 is 5.32 Å². The molecule has 2 aromatic heterocycles. The Morgan fingerprint density at radius 3 is 2.77 bits per heavy atom. The van der Waals surface area contributed by atoms with Gasteiger partial charge in [-0.3, -0.25) is 9.59 Å². The number of hydrogen-bond acceptors (Lipinski definition) is 5. The molecule has 0 aliphatic carbocycles. The minimum Gasteiger partial charge on any atom is -0.391 e. The molecule has 8 heteroatoms. The van der Waals surface area contributed by atoms with Crippen molar-refractivity contribution in [3.8, 4) is 0 Å². The largest absolute Gasteiger partial charge is 0.391 e. The lowest BCUT2D eigenvalue weighted by atomic mass is 10.1. The van der Waals surface area contributed by atoms with Crippen molar-refractivity contribution in [3.63, 3.8) is 0 Å². The highest BCUT2D eigenvalue weighted by molar-refractivity contribution is 6.09. The fraction of sp³-hybridized carbons (Fsp3) is 0.364. The summed E-state index contributed by atoms with van der Waals surface area (Å²) >= 11 is 0. The number of aromatic nitrogens is 3. The van der Waals surface area contributed by atoms with Gasteiger partial charge in [-0.2, -0.15) is 5.10 Å². The third kappa shape index (κ3) is 3.78. The summed E-state index contributed by atoms with van der Waals surface area (Å²) in [5.41, 5.74) is 4.22. The molecular weight excluding hydrogens is 382 g/mol. The number of piperidine rings is 1. The zero-order chi connectivity index (χ0) is 21.4. The van der Waals surface area contributed by atoms with Crippen molar-refractivity contribution < 1.29 is 14.7 Å². The molecule has 0 saturated carbocycles. The van der Waals surface area contributed by atoms with Crippen molar-refractivity contribution >= 4 is 23.1 Å². The maximum Gasteiger partial charge on any atom is 0.261 e. The maximum absolute atomic E-state index is 13.0. The van der Waals surface area contributed by atoms with E-state index in [9.17, 15) is 14.7 Å². The van der Waals surface area contributed by atoms with Gasteiger partial charge < -0.3 is 15.3 Å². The summed E-state index contributed by atoms with van der Waals surface area (Å²) in [6, 6.07) is 8.76. The van der Waals surface area contributed by atoms with Gasteiger partial charge in [0, 0.05) is 35.7 Å². The molecule has 1 saturated heterocycles. The van der Waals surface area contributed by atoms with E-state index in [1.54, 1.807) is 40.6 Å². The number of carbonyl (C=O) groups is 2. The zero-order valence-corrected chi connectivity index (χ0v) is 17.3. The smallest absolute Gasteiger partial charge is 0.261 e. The maximum atomic E-state index is 13.0. The van der Waals surface area contributed by atoms with Crippen molar-refractivity contribution in [2.45, 2.75) is 39.7 Å². The molecule has 2 N–H and O–H groups in total. The van der Waals surface area contributed by atoms with Gasteiger partial charge in [0.05, 0.1) is 11.8 Å². The molecular formula is C22H25N5O3. The van der Waals surface area contributed by atoms with E-state index in [0.29, 0.717) is 47.7 Å². The average Bonchev–Trinajstić information content (AvgIpc) is 3.04. The third-order valence-corrected chi connectivity index (χ3v) is 5.35. The van der Waals surface area contributed by atoms with Gasteiger partial charge in [0.2, 0.25) is 0 Å². The van der Waals surface area contributed by atoms with E-state index in [4.69, 9.17) is 0 Å². The lowest BCUT2D eigenvalue weighted by molar-refractivity contribution is 0.0474. The Labute approximate surface area is 174 Å². The van der Waals surface area contributed by atoms with Crippen molar-refractivity contribution in [2.75, 3.05) is 18.4 Å². The van der Waals surface area contributed by atoms with E-state index in [-0.39, 0.29) is 11.8 Å². The van der Waals surface area contributed by atoms with Gasteiger partial charge in [-0.05, 0) is 57.9 Å². The Bertz CT molecular complexity index is 1140. The molecule has 1 aliphatic rings. The first-order chi connectivity index (χ1) is 14.3. The van der Waals surface area contributed by atoms with Gasteiger partial charge in [0.25, 0.3) is 11.8 Å². The van der Waals surface area contributed by atoms with E-state index in [1.165, 1.54) is 0 Å². The highest BCUT2D eigenvalue weighted by Gasteiger charge is 2.24. The molecule has 1 aromatic carbocycles. The Kier molecular flexibility index (Phi) is 5.26. The number of hydrogen-bond donors (Lipinski definition) is 2. The van der Waals surface area contributed by atoms with Crippen LogP contribution in [0, 0.1) is 20.8 Å². The number of nitrogens with one attached hydrogen (secondary N) is 1. The van der Waals surface area contributed by atoms with Crippen molar-refractivity contribution in [3.05, 3.63) is 58.5 Å². The van der Waals surface area contributed by atoms with E-state index in [2.05, 4.69) is 15.4 Å². The third-order valence-electron chi connectivity index (χ3n) is 5.35. The summed E-state index contributed by atoms with van der Waals surface area (Å²) in [6.07, 6.45) is 1.01. The van der Waals surface area contributed by atoms with Gasteiger partial charge in [-0.25, -0.2) is 9.50 Å². The van der Waals surface area contributed by atoms with E-state index in [0.717, 1.165) is 17.8 Å². The Morgan fingerprint density at radius 2 is 2.00 bits per heavy atom. The first-order valence-electron chi connectivity index (χ1n) is 10.1. The number of aryl methyl sites for hydroxylation is 3. The van der Waals surface area contributed by atoms with Crippen LogP contribution in [0.2, 0.25) is 0 Å². The average molecular weight is 407 g/mol. The summed E-state index contributed by atoms with van der Waals surface area (Å²) in [5.74, 6) is -0.470. The number of β-amino-alcohol motifs (C(OH)–C–C–N with tert-alkyl or cyclic N) is 1. The van der Waals surface area contributed by atoms with Gasteiger partial charge in [0.1, 0.15) is 5.56 Å². The van der Waals surface area contributed by atoms with Crippen molar-refractivity contribution in [1.82, 2.24) is 19.5 Å². The molecule has 3 aromatic rings. The Hall–Kier alpha value is -3.26. The molecule has 0 bridgehead atoms. The highest BCUT2D eigenvalue weighted by atomic mass is 16.3. The second-order valence-corrected chi connectivity index (χ2v) is 7.82. The number of anilines is 1. The topological polar surface area (TPSA) is 99.8 Å². The standard InChI is InChI=1S/C22H25N5O3/c1-13-10-14(2)27-20(23-13)19(15(3)25-27)21(29)24-17-7-4-6-16(11-17)22(30)26-9-5-8-18(28)12-26/h4,6-7,10-11,18,28H,5,8-9,12H2,1-3H3,(H,24,29)/t18-/m1/s1. The monoisotopic (exact) mass is 407 g/mol. The van der Waals surface area contributed by atoms with Gasteiger partial charge in [-0.15, -0.1) is 0 Å². The Morgan fingerprint density at radius 1 is 1.20 bits per heavy atom. The van der Waals surface area contributed by atoms with Crippen LogP contribution in [0.1, 0.15) is 50.6 Å². The first-order valence-corrected chi connectivity index (χ1v) is 10.1. The van der Waals surface area contributed by atoms with Crippen LogP contribution in [0.3, 0.4) is 0 Å². The number of rotatable bonds is 3. The van der Waals surface area contributed by atoms with Crippen LogP contribution in [-0.2, 0) is 0 Å². The van der Waals surface area contributed by atoms with Crippen LogP contribution in [0.4, 0.5) is 5.69 Å². The van der Waals surface area contributed by atoms with Crippen LogP contribution in [0.15, 0.2) is 30.3 Å². The number of likely N-dealkylation sites (tertiary alicyclic amines) is 1. The highest BCUT2D eigenvalue weighted by Crippen LogP contribution is 2.20. The van der Waals surface area contributed by atoms with Crippen LogP contribution in [-0.4, -0.2) is 55.6 Å². The molecule has 0 radical (unpaired) electrons. The molecule has 1 aliphatic heterocycles. The van der Waals surface area contributed by atoms with Crippen LogP contribution >= 0.6 is 0 Å². The molecule has 1 atom stereocenters. The number of nitrogens with zero attached hydrogens (tertiary/aromatic N) is 4. The van der Waals surface area contributed by atoms with E-state index in [1.807, 2.05) is 19.9 Å². The van der Waals surface area contributed by atoms with Crippen LogP contribution in [0.5, 0.6) is 0 Å². The molecule has 0 spiro atoms. The fourth-order valence-corrected chi connectivity index (χ4v) is 3.94. The van der Waals surface area contributed by atoms with E-state index >= 15 is 0 Å². The molecule has 1 fully saturated rings. The van der Waals surface area contributed by atoms with E-state index < -0.39 is 6.10 Å². The molecule has 2 amide bonds. The predicted molar refractivity (Wildman–Crippen MR) is 113 cm³/mol. The van der Waals surface area contributed by atoms with Gasteiger partial charge in [0.15, 0.2) is 5.65 Å². The predicted octanol–water partition coefficient (Wildman–Crippen LogP) is 2.50. The molecule has 3 heterocycles.